The molecule has 0 unspecified atom stereocenters. The van der Waals surface area contributed by atoms with Crippen molar-refractivity contribution in [2.75, 3.05) is 46.9 Å². The standard InChI is InChI=1S/C15H32N2O2/c1-13(2)10-16(5)8-7-9-19-12-15(18)17(6)11-14(3)4/h13-14H,7-12H2,1-6H3. The zero-order chi connectivity index (χ0) is 14.8. The van der Waals surface area contributed by atoms with Gasteiger partial charge in [-0.2, -0.15) is 0 Å². The minimum atomic E-state index is 0.0734. The summed E-state index contributed by atoms with van der Waals surface area (Å²) < 4.78 is 5.44. The molecule has 1 amide bonds. The molecule has 0 N–H and O–H groups in total. The third kappa shape index (κ3) is 11.0. The van der Waals surface area contributed by atoms with Gasteiger partial charge in [0.15, 0.2) is 0 Å². The molecule has 0 fully saturated rings. The average molecular weight is 272 g/mol. The van der Waals surface area contributed by atoms with Crippen LogP contribution < -0.4 is 0 Å². The first-order valence-electron chi connectivity index (χ1n) is 7.33. The number of carbonyl (C=O) groups is 1. The van der Waals surface area contributed by atoms with E-state index in [0.717, 1.165) is 26.1 Å². The van der Waals surface area contributed by atoms with Crippen LogP contribution in [-0.2, 0) is 9.53 Å². The fourth-order valence-electron chi connectivity index (χ4n) is 2.07. The Hall–Kier alpha value is -0.610. The molecule has 0 radical (unpaired) electrons. The van der Waals surface area contributed by atoms with E-state index in [-0.39, 0.29) is 12.5 Å². The third-order valence-electron chi connectivity index (χ3n) is 2.80. The maximum Gasteiger partial charge on any atom is 0.248 e. The van der Waals surface area contributed by atoms with E-state index in [1.165, 1.54) is 0 Å². The van der Waals surface area contributed by atoms with Gasteiger partial charge in [0.2, 0.25) is 5.91 Å². The predicted molar refractivity (Wildman–Crippen MR) is 80.2 cm³/mol. The molecular formula is C15H32N2O2. The van der Waals surface area contributed by atoms with Crippen LogP contribution in [0, 0.1) is 11.8 Å². The zero-order valence-corrected chi connectivity index (χ0v) is 13.6. The van der Waals surface area contributed by atoms with Crippen molar-refractivity contribution >= 4 is 5.91 Å². The van der Waals surface area contributed by atoms with Gasteiger partial charge in [0, 0.05) is 33.3 Å². The van der Waals surface area contributed by atoms with Crippen molar-refractivity contribution in [2.24, 2.45) is 11.8 Å². The van der Waals surface area contributed by atoms with Gasteiger partial charge in [-0.15, -0.1) is 0 Å². The quantitative estimate of drug-likeness (QED) is 0.571. The van der Waals surface area contributed by atoms with Crippen molar-refractivity contribution in [3.8, 4) is 0 Å². The summed E-state index contributed by atoms with van der Waals surface area (Å²) in [6.07, 6.45) is 0.977. The molecule has 0 atom stereocenters. The molecule has 0 bridgehead atoms. The molecule has 0 aromatic carbocycles. The Morgan fingerprint density at radius 3 is 2.16 bits per heavy atom. The summed E-state index contributed by atoms with van der Waals surface area (Å²) in [7, 11) is 3.96. The van der Waals surface area contributed by atoms with Gasteiger partial charge in [0.1, 0.15) is 6.61 Å². The Morgan fingerprint density at radius 2 is 1.63 bits per heavy atom. The van der Waals surface area contributed by atoms with Crippen molar-refractivity contribution in [1.29, 1.82) is 0 Å². The van der Waals surface area contributed by atoms with Gasteiger partial charge < -0.3 is 14.5 Å². The third-order valence-corrected chi connectivity index (χ3v) is 2.80. The van der Waals surface area contributed by atoms with Crippen LogP contribution in [0.1, 0.15) is 34.1 Å². The largest absolute Gasteiger partial charge is 0.372 e. The lowest BCUT2D eigenvalue weighted by molar-refractivity contribution is -0.135. The van der Waals surface area contributed by atoms with Gasteiger partial charge in [0.05, 0.1) is 0 Å². The summed E-state index contributed by atoms with van der Waals surface area (Å²) >= 11 is 0. The number of hydrogen-bond acceptors (Lipinski definition) is 3. The molecule has 4 heteroatoms. The highest BCUT2D eigenvalue weighted by Crippen LogP contribution is 1.98. The molecule has 0 aliphatic carbocycles. The van der Waals surface area contributed by atoms with Crippen LogP contribution in [-0.4, -0.2) is 62.7 Å². The number of nitrogens with zero attached hydrogens (tertiary/aromatic N) is 2. The maximum atomic E-state index is 11.7. The van der Waals surface area contributed by atoms with Crippen LogP contribution in [0.25, 0.3) is 0 Å². The van der Waals surface area contributed by atoms with Gasteiger partial charge in [-0.25, -0.2) is 0 Å². The predicted octanol–water partition coefficient (Wildman–Crippen LogP) is 2.10. The number of rotatable bonds is 10. The summed E-state index contributed by atoms with van der Waals surface area (Å²) in [5, 5.41) is 0. The van der Waals surface area contributed by atoms with Gasteiger partial charge in [-0.1, -0.05) is 27.7 Å². The molecule has 0 rings (SSSR count). The lowest BCUT2D eigenvalue weighted by Crippen LogP contribution is -2.33. The molecule has 0 aromatic heterocycles. The molecule has 0 saturated carbocycles. The van der Waals surface area contributed by atoms with Crippen molar-refractivity contribution in [3.63, 3.8) is 0 Å². The zero-order valence-electron chi connectivity index (χ0n) is 13.6. The van der Waals surface area contributed by atoms with Crippen LogP contribution in [0.5, 0.6) is 0 Å². The van der Waals surface area contributed by atoms with Crippen molar-refractivity contribution in [1.82, 2.24) is 9.80 Å². The number of hydrogen-bond donors (Lipinski definition) is 0. The Balaban J connectivity index is 3.56. The van der Waals surface area contributed by atoms with Crippen molar-refractivity contribution in [3.05, 3.63) is 0 Å². The van der Waals surface area contributed by atoms with E-state index >= 15 is 0 Å². The second-order valence-electron chi connectivity index (χ2n) is 6.23. The first-order chi connectivity index (χ1) is 8.82. The summed E-state index contributed by atoms with van der Waals surface area (Å²) in [6, 6.07) is 0. The Morgan fingerprint density at radius 1 is 1.05 bits per heavy atom. The average Bonchev–Trinajstić information content (AvgIpc) is 2.26. The molecule has 0 aromatic rings. The van der Waals surface area contributed by atoms with Crippen LogP contribution in [0.15, 0.2) is 0 Å². The first-order valence-corrected chi connectivity index (χ1v) is 7.33. The van der Waals surface area contributed by atoms with Gasteiger partial charge in [-0.05, 0) is 25.3 Å². The first kappa shape index (κ1) is 18.4. The number of likely N-dealkylation sites (N-methyl/N-ethyl adjacent to an activating group) is 1. The fourth-order valence-corrected chi connectivity index (χ4v) is 2.07. The Kier molecular flexibility index (Phi) is 9.88. The Labute approximate surface area is 119 Å². The van der Waals surface area contributed by atoms with Crippen LogP contribution >= 0.6 is 0 Å². The van der Waals surface area contributed by atoms with Crippen LogP contribution in [0.2, 0.25) is 0 Å². The minimum Gasteiger partial charge on any atom is -0.372 e. The summed E-state index contributed by atoms with van der Waals surface area (Å²) in [4.78, 5) is 15.8. The molecule has 0 spiro atoms. The fraction of sp³-hybridized carbons (Fsp3) is 0.933. The van der Waals surface area contributed by atoms with Crippen LogP contribution in [0.4, 0.5) is 0 Å². The summed E-state index contributed by atoms with van der Waals surface area (Å²) in [6.45, 7) is 12.4. The summed E-state index contributed by atoms with van der Waals surface area (Å²) in [5.74, 6) is 1.26. The number of carbonyl (C=O) groups excluding carboxylic acids is 1. The van der Waals surface area contributed by atoms with Crippen molar-refractivity contribution in [2.45, 2.75) is 34.1 Å². The monoisotopic (exact) mass is 272 g/mol. The van der Waals surface area contributed by atoms with Gasteiger partial charge >= 0.3 is 0 Å². The van der Waals surface area contributed by atoms with E-state index < -0.39 is 0 Å². The molecule has 19 heavy (non-hydrogen) atoms. The lowest BCUT2D eigenvalue weighted by Gasteiger charge is -2.20. The highest BCUT2D eigenvalue weighted by atomic mass is 16.5. The van der Waals surface area contributed by atoms with Crippen molar-refractivity contribution < 1.29 is 9.53 Å². The molecule has 4 nitrogen and oxygen atoms in total. The SMILES string of the molecule is CC(C)CN(C)CCCOCC(=O)N(C)CC(C)C. The second kappa shape index (κ2) is 10.2. The highest BCUT2D eigenvalue weighted by molar-refractivity contribution is 5.77. The molecule has 0 aliphatic rings. The van der Waals surface area contributed by atoms with Gasteiger partial charge in [0.25, 0.3) is 0 Å². The van der Waals surface area contributed by atoms with E-state index in [1.54, 1.807) is 4.90 Å². The van der Waals surface area contributed by atoms with E-state index in [9.17, 15) is 4.79 Å². The molecule has 0 heterocycles. The van der Waals surface area contributed by atoms with E-state index in [2.05, 4.69) is 39.6 Å². The summed E-state index contributed by atoms with van der Waals surface area (Å²) in [5.41, 5.74) is 0. The minimum absolute atomic E-state index is 0.0734. The second-order valence-corrected chi connectivity index (χ2v) is 6.23. The molecular weight excluding hydrogens is 240 g/mol. The van der Waals surface area contributed by atoms with E-state index in [0.29, 0.717) is 18.4 Å². The molecule has 0 saturated heterocycles. The smallest absolute Gasteiger partial charge is 0.248 e. The highest BCUT2D eigenvalue weighted by Gasteiger charge is 2.10. The topological polar surface area (TPSA) is 32.8 Å². The van der Waals surface area contributed by atoms with Gasteiger partial charge in [-0.3, -0.25) is 4.79 Å². The number of ether oxygens (including phenoxy) is 1. The Bertz CT molecular complexity index is 242. The number of amides is 1. The normalized spacial score (nSPS) is 11.6. The molecule has 0 aliphatic heterocycles. The van der Waals surface area contributed by atoms with E-state index in [1.807, 2.05) is 7.05 Å². The van der Waals surface area contributed by atoms with E-state index in [4.69, 9.17) is 4.74 Å². The maximum absolute atomic E-state index is 11.7. The molecule has 114 valence electrons. The van der Waals surface area contributed by atoms with Crippen LogP contribution in [0.3, 0.4) is 0 Å². The lowest BCUT2D eigenvalue weighted by atomic mass is 10.2.